The van der Waals surface area contributed by atoms with E-state index in [1.54, 1.807) is 6.07 Å². The van der Waals surface area contributed by atoms with Crippen LogP contribution in [-0.2, 0) is 4.79 Å². The minimum atomic E-state index is -0.0784. The molecule has 0 aliphatic carbocycles. The normalized spacial score (nSPS) is 13.5. The predicted molar refractivity (Wildman–Crippen MR) is 98.7 cm³/mol. The molecule has 0 bridgehead atoms. The number of fused-ring (bicyclic) bond motifs is 1. The highest BCUT2D eigenvalue weighted by atomic mass is 35.5. The van der Waals surface area contributed by atoms with Crippen molar-refractivity contribution in [3.63, 3.8) is 0 Å². The molecule has 2 rings (SSSR count). The van der Waals surface area contributed by atoms with Crippen LogP contribution in [0.1, 0.15) is 41.5 Å². The standard InChI is InChI=1S/C12H13ClN2O.C4H8.C2H6/c1-7-8(2)15(3)11-5-4-9(13)6-10(11)14-12(7)16;1-3-4-2;1-2/h4-6H,1-3H3,(H,14,16);3-4H,1-2H3;1-2H3/b;4-3-;. The summed E-state index contributed by atoms with van der Waals surface area (Å²) in [6.07, 6.45) is 4.00. The summed E-state index contributed by atoms with van der Waals surface area (Å²) >= 11 is 5.91. The van der Waals surface area contributed by atoms with Crippen molar-refractivity contribution in [3.8, 4) is 0 Å². The van der Waals surface area contributed by atoms with Crippen LogP contribution in [0.2, 0.25) is 5.02 Å². The highest BCUT2D eigenvalue weighted by Gasteiger charge is 2.20. The number of benzene rings is 1. The lowest BCUT2D eigenvalue weighted by Crippen LogP contribution is -2.15. The quantitative estimate of drug-likeness (QED) is 0.628. The molecule has 0 aromatic heterocycles. The Morgan fingerprint density at radius 3 is 2.18 bits per heavy atom. The molecule has 1 aromatic rings. The zero-order chi connectivity index (χ0) is 17.3. The van der Waals surface area contributed by atoms with E-state index >= 15 is 0 Å². The SMILES string of the molecule is C/C=C\C.CC.CC1=C(C)N(C)c2ccc(Cl)cc2NC1=O. The van der Waals surface area contributed by atoms with Gasteiger partial charge in [-0.05, 0) is 45.9 Å². The average Bonchev–Trinajstić information content (AvgIpc) is 2.61. The molecule has 0 radical (unpaired) electrons. The number of rotatable bonds is 0. The van der Waals surface area contributed by atoms with Gasteiger partial charge in [0.25, 0.3) is 5.91 Å². The molecule has 0 fully saturated rings. The third-order valence-corrected chi connectivity index (χ3v) is 3.52. The fraction of sp³-hybridized carbons (Fsp3) is 0.389. The number of amides is 1. The minimum absolute atomic E-state index is 0.0784. The molecule has 0 saturated carbocycles. The van der Waals surface area contributed by atoms with Gasteiger partial charge in [0.05, 0.1) is 11.4 Å². The molecule has 3 nitrogen and oxygen atoms in total. The molecular weight excluding hydrogens is 296 g/mol. The number of allylic oxidation sites excluding steroid dienone is 3. The molecule has 1 aliphatic rings. The fourth-order valence-corrected chi connectivity index (χ4v) is 1.89. The van der Waals surface area contributed by atoms with Crippen molar-refractivity contribution in [2.75, 3.05) is 17.3 Å². The number of nitrogens with zero attached hydrogens (tertiary/aromatic N) is 1. The number of halogens is 1. The van der Waals surface area contributed by atoms with Crippen molar-refractivity contribution >= 4 is 28.9 Å². The van der Waals surface area contributed by atoms with Crippen molar-refractivity contribution in [1.29, 1.82) is 0 Å². The Labute approximate surface area is 139 Å². The molecule has 1 amide bonds. The first-order valence-electron chi connectivity index (χ1n) is 7.51. The topological polar surface area (TPSA) is 32.3 Å². The molecule has 1 aliphatic heterocycles. The van der Waals surface area contributed by atoms with Crippen LogP contribution in [0.25, 0.3) is 0 Å². The van der Waals surface area contributed by atoms with E-state index in [4.69, 9.17) is 11.6 Å². The molecule has 1 heterocycles. The highest BCUT2D eigenvalue weighted by molar-refractivity contribution is 6.31. The largest absolute Gasteiger partial charge is 0.346 e. The summed E-state index contributed by atoms with van der Waals surface area (Å²) < 4.78 is 0. The van der Waals surface area contributed by atoms with E-state index in [-0.39, 0.29) is 5.91 Å². The number of hydrogen-bond donors (Lipinski definition) is 1. The van der Waals surface area contributed by atoms with Gasteiger partial charge in [-0.3, -0.25) is 4.79 Å². The molecule has 1 N–H and O–H groups in total. The van der Waals surface area contributed by atoms with Crippen molar-refractivity contribution in [2.45, 2.75) is 41.5 Å². The lowest BCUT2D eigenvalue weighted by Gasteiger charge is -2.20. The van der Waals surface area contributed by atoms with Gasteiger partial charge >= 0.3 is 0 Å². The van der Waals surface area contributed by atoms with Crippen LogP contribution in [0.5, 0.6) is 0 Å². The van der Waals surface area contributed by atoms with Gasteiger partial charge in [-0.15, -0.1) is 0 Å². The number of anilines is 2. The molecule has 1 aromatic carbocycles. The van der Waals surface area contributed by atoms with Gasteiger partial charge in [-0.2, -0.15) is 0 Å². The summed E-state index contributed by atoms with van der Waals surface area (Å²) in [5.74, 6) is -0.0784. The molecule has 4 heteroatoms. The van der Waals surface area contributed by atoms with Crippen molar-refractivity contribution in [1.82, 2.24) is 0 Å². The highest BCUT2D eigenvalue weighted by Crippen LogP contribution is 2.33. The predicted octanol–water partition coefficient (Wildman–Crippen LogP) is 5.63. The lowest BCUT2D eigenvalue weighted by molar-refractivity contribution is -0.112. The zero-order valence-corrected chi connectivity index (χ0v) is 15.4. The summed E-state index contributed by atoms with van der Waals surface area (Å²) in [5.41, 5.74) is 3.36. The summed E-state index contributed by atoms with van der Waals surface area (Å²) in [6.45, 7) is 11.7. The molecule has 0 spiro atoms. The maximum Gasteiger partial charge on any atom is 0.253 e. The van der Waals surface area contributed by atoms with E-state index in [2.05, 4.69) is 5.32 Å². The maximum absolute atomic E-state index is 11.8. The maximum atomic E-state index is 11.8. The summed E-state index contributed by atoms with van der Waals surface area (Å²) in [5, 5.41) is 3.47. The van der Waals surface area contributed by atoms with E-state index in [0.717, 1.165) is 22.6 Å². The van der Waals surface area contributed by atoms with Gasteiger partial charge in [0.2, 0.25) is 0 Å². The van der Waals surface area contributed by atoms with Gasteiger partial charge in [-0.1, -0.05) is 37.6 Å². The number of carbonyl (C=O) groups excluding carboxylic acids is 1. The Morgan fingerprint density at radius 1 is 1.14 bits per heavy atom. The molecule has 122 valence electrons. The Morgan fingerprint density at radius 2 is 1.68 bits per heavy atom. The smallest absolute Gasteiger partial charge is 0.253 e. The summed E-state index contributed by atoms with van der Waals surface area (Å²) in [7, 11) is 1.94. The first-order chi connectivity index (χ1) is 10.4. The van der Waals surface area contributed by atoms with Gasteiger partial charge in [-0.25, -0.2) is 0 Å². The van der Waals surface area contributed by atoms with Crippen LogP contribution in [-0.4, -0.2) is 13.0 Å². The third kappa shape index (κ3) is 5.23. The van der Waals surface area contributed by atoms with E-state index in [9.17, 15) is 4.79 Å². The second-order valence-corrected chi connectivity index (χ2v) is 4.99. The van der Waals surface area contributed by atoms with Crippen molar-refractivity contribution in [2.24, 2.45) is 0 Å². The van der Waals surface area contributed by atoms with Crippen LogP contribution in [0.3, 0.4) is 0 Å². The summed E-state index contributed by atoms with van der Waals surface area (Å²) in [4.78, 5) is 13.8. The van der Waals surface area contributed by atoms with Crippen LogP contribution in [0.4, 0.5) is 11.4 Å². The minimum Gasteiger partial charge on any atom is -0.346 e. The lowest BCUT2D eigenvalue weighted by atomic mass is 10.2. The van der Waals surface area contributed by atoms with E-state index in [1.165, 1.54) is 0 Å². The van der Waals surface area contributed by atoms with Crippen molar-refractivity contribution in [3.05, 3.63) is 46.6 Å². The first kappa shape index (κ1) is 20.3. The first-order valence-corrected chi connectivity index (χ1v) is 7.89. The Balaban J connectivity index is 0.000000640. The number of nitrogens with one attached hydrogen (secondary N) is 1. The monoisotopic (exact) mass is 322 g/mol. The second kappa shape index (κ2) is 10.1. The number of carbonyl (C=O) groups is 1. The van der Waals surface area contributed by atoms with Gasteiger partial charge < -0.3 is 10.2 Å². The van der Waals surface area contributed by atoms with E-state index in [1.807, 2.05) is 77.8 Å². The van der Waals surface area contributed by atoms with E-state index in [0.29, 0.717) is 5.02 Å². The molecule has 22 heavy (non-hydrogen) atoms. The molecule has 0 unspecified atom stereocenters. The zero-order valence-electron chi connectivity index (χ0n) is 14.6. The third-order valence-electron chi connectivity index (χ3n) is 3.29. The number of hydrogen-bond acceptors (Lipinski definition) is 2. The molecular formula is C18H27ClN2O. The second-order valence-electron chi connectivity index (χ2n) is 4.55. The molecule has 0 saturated heterocycles. The Bertz CT molecular complexity index is 558. The summed E-state index contributed by atoms with van der Waals surface area (Å²) in [6, 6.07) is 5.48. The van der Waals surface area contributed by atoms with Gasteiger partial charge in [0, 0.05) is 23.3 Å². The Hall–Kier alpha value is -1.74. The van der Waals surface area contributed by atoms with Crippen molar-refractivity contribution < 1.29 is 4.79 Å². The van der Waals surface area contributed by atoms with Gasteiger partial charge in [0.1, 0.15) is 0 Å². The molecule has 0 atom stereocenters. The van der Waals surface area contributed by atoms with Gasteiger partial charge in [0.15, 0.2) is 0 Å². The van der Waals surface area contributed by atoms with Crippen LogP contribution in [0.15, 0.2) is 41.6 Å². The fourth-order valence-electron chi connectivity index (χ4n) is 1.71. The Kier molecular flexibility index (Phi) is 9.27. The van der Waals surface area contributed by atoms with Crippen LogP contribution in [0, 0.1) is 0 Å². The van der Waals surface area contributed by atoms with Crippen LogP contribution < -0.4 is 10.2 Å². The average molecular weight is 323 g/mol. The van der Waals surface area contributed by atoms with Crippen LogP contribution >= 0.6 is 11.6 Å². The van der Waals surface area contributed by atoms with E-state index < -0.39 is 0 Å².